The largest absolute Gasteiger partial charge is 0.477 e. The second-order valence-corrected chi connectivity index (χ2v) is 4.64. The summed E-state index contributed by atoms with van der Waals surface area (Å²) in [7, 11) is 1.99. The third-order valence-corrected chi connectivity index (χ3v) is 3.05. The second kappa shape index (κ2) is 5.98. The first kappa shape index (κ1) is 13.8. The summed E-state index contributed by atoms with van der Waals surface area (Å²) in [5, 5.41) is 14.8. The van der Waals surface area contributed by atoms with Crippen molar-refractivity contribution < 1.29 is 24.3 Å². The summed E-state index contributed by atoms with van der Waals surface area (Å²) in [4.78, 5) is 29.3. The van der Waals surface area contributed by atoms with Gasteiger partial charge < -0.3 is 24.9 Å². The van der Waals surface area contributed by atoms with Crippen molar-refractivity contribution in [2.45, 2.75) is 18.6 Å². The number of likely N-dealkylation sites (N-methyl/N-ethyl adjacent to an activating group) is 1. The summed E-state index contributed by atoms with van der Waals surface area (Å²) < 4.78 is 5.50. The Morgan fingerprint density at radius 2 is 2.37 bits per heavy atom. The van der Waals surface area contributed by atoms with Gasteiger partial charge in [-0.15, -0.1) is 0 Å². The number of carbonyl (C=O) groups is 2. The number of nitrogens with one attached hydrogen (secondary N) is 1. The Kier molecular flexibility index (Phi) is 4.33. The summed E-state index contributed by atoms with van der Waals surface area (Å²) in [6.45, 7) is 2.66. The lowest BCUT2D eigenvalue weighted by Gasteiger charge is -2.30. The second-order valence-electron chi connectivity index (χ2n) is 4.64. The van der Waals surface area contributed by atoms with Crippen molar-refractivity contribution in [3.8, 4) is 0 Å². The van der Waals surface area contributed by atoms with E-state index in [9.17, 15) is 9.59 Å². The minimum absolute atomic E-state index is 0.00735. The molecule has 2 N–H and O–H groups in total. The zero-order valence-corrected chi connectivity index (χ0v) is 10.7. The van der Waals surface area contributed by atoms with E-state index >= 15 is 0 Å². The van der Waals surface area contributed by atoms with E-state index in [1.807, 2.05) is 7.05 Å². The molecule has 2 aliphatic heterocycles. The number of nitrogens with zero attached hydrogens (tertiary/aromatic N) is 2. The van der Waals surface area contributed by atoms with Gasteiger partial charge in [0.05, 0.1) is 12.7 Å². The first-order chi connectivity index (χ1) is 9.06. The van der Waals surface area contributed by atoms with Gasteiger partial charge in [0.15, 0.2) is 5.71 Å². The van der Waals surface area contributed by atoms with Crippen LogP contribution in [0.1, 0.15) is 6.42 Å². The molecule has 1 amide bonds. The lowest BCUT2D eigenvalue weighted by Crippen LogP contribution is -2.47. The number of carbonyl (C=O) groups excluding carboxylic acids is 1. The number of hydrogen-bond donors (Lipinski definition) is 2. The van der Waals surface area contributed by atoms with Gasteiger partial charge in [-0.25, -0.2) is 4.79 Å². The van der Waals surface area contributed by atoms with Gasteiger partial charge in [0, 0.05) is 26.1 Å². The van der Waals surface area contributed by atoms with Crippen LogP contribution in [0.5, 0.6) is 0 Å². The Morgan fingerprint density at radius 1 is 1.58 bits per heavy atom. The number of carboxylic acids is 1. The summed E-state index contributed by atoms with van der Waals surface area (Å²) in [5.41, 5.74) is -0.131. The van der Waals surface area contributed by atoms with Crippen LogP contribution >= 0.6 is 0 Å². The average molecular weight is 271 g/mol. The molecule has 1 saturated heterocycles. The fourth-order valence-corrected chi connectivity index (χ4v) is 1.96. The molecule has 0 saturated carbocycles. The van der Waals surface area contributed by atoms with Crippen LogP contribution in [0.15, 0.2) is 5.16 Å². The Balaban J connectivity index is 1.72. The van der Waals surface area contributed by atoms with E-state index in [4.69, 9.17) is 14.7 Å². The summed E-state index contributed by atoms with van der Waals surface area (Å²) in [6.07, 6.45) is -0.913. The summed E-state index contributed by atoms with van der Waals surface area (Å²) in [6, 6.07) is 0. The molecule has 2 unspecified atom stereocenters. The zero-order valence-electron chi connectivity index (χ0n) is 10.7. The zero-order chi connectivity index (χ0) is 13.8. The average Bonchev–Trinajstić information content (AvgIpc) is 2.86. The number of morpholine rings is 1. The molecule has 2 heterocycles. The first-order valence-electron chi connectivity index (χ1n) is 6.10. The van der Waals surface area contributed by atoms with Crippen LogP contribution in [0, 0.1) is 0 Å². The van der Waals surface area contributed by atoms with E-state index < -0.39 is 12.1 Å². The first-order valence-corrected chi connectivity index (χ1v) is 6.10. The van der Waals surface area contributed by atoms with E-state index in [0.717, 1.165) is 13.1 Å². The number of hydrogen-bond acceptors (Lipinski definition) is 6. The monoisotopic (exact) mass is 271 g/mol. The number of oxime groups is 1. The predicted octanol–water partition coefficient (Wildman–Crippen LogP) is -1.34. The molecule has 0 aliphatic carbocycles. The van der Waals surface area contributed by atoms with Crippen molar-refractivity contribution in [3.63, 3.8) is 0 Å². The van der Waals surface area contributed by atoms with Crippen LogP contribution < -0.4 is 5.32 Å². The number of amides is 1. The fraction of sp³-hybridized carbons (Fsp3) is 0.727. The molecule has 2 rings (SSSR count). The van der Waals surface area contributed by atoms with Crippen molar-refractivity contribution in [1.82, 2.24) is 10.2 Å². The highest BCUT2D eigenvalue weighted by Gasteiger charge is 2.31. The van der Waals surface area contributed by atoms with Crippen LogP contribution in [-0.4, -0.2) is 73.1 Å². The van der Waals surface area contributed by atoms with E-state index in [1.54, 1.807) is 0 Å². The highest BCUT2D eigenvalue weighted by molar-refractivity contribution is 6.36. The Hall–Kier alpha value is -1.67. The van der Waals surface area contributed by atoms with Gasteiger partial charge in [-0.05, 0) is 7.05 Å². The van der Waals surface area contributed by atoms with E-state index in [0.29, 0.717) is 13.2 Å². The predicted molar refractivity (Wildman–Crippen MR) is 64.8 cm³/mol. The fourth-order valence-electron chi connectivity index (χ4n) is 1.96. The summed E-state index contributed by atoms with van der Waals surface area (Å²) >= 11 is 0. The molecule has 0 radical (unpaired) electrons. The number of carboxylic acid groups (broad SMARTS) is 1. The van der Waals surface area contributed by atoms with Crippen LogP contribution in [0.25, 0.3) is 0 Å². The van der Waals surface area contributed by atoms with Gasteiger partial charge in [0.25, 0.3) is 5.91 Å². The molecule has 8 heteroatoms. The molecule has 0 bridgehead atoms. The smallest absolute Gasteiger partial charge is 0.353 e. The third-order valence-electron chi connectivity index (χ3n) is 3.05. The summed E-state index contributed by atoms with van der Waals surface area (Å²) in [5.74, 6) is -1.52. The highest BCUT2D eigenvalue weighted by Crippen LogP contribution is 2.11. The number of rotatable bonds is 4. The van der Waals surface area contributed by atoms with Crippen molar-refractivity contribution in [1.29, 1.82) is 0 Å². The molecule has 1 fully saturated rings. The normalized spacial score (nSPS) is 27.5. The van der Waals surface area contributed by atoms with Gasteiger partial charge in [-0.3, -0.25) is 4.79 Å². The van der Waals surface area contributed by atoms with E-state index in [1.165, 1.54) is 0 Å². The minimum atomic E-state index is -1.16. The molecule has 2 aliphatic rings. The van der Waals surface area contributed by atoms with Crippen molar-refractivity contribution in [3.05, 3.63) is 0 Å². The molecular weight excluding hydrogens is 254 g/mol. The maximum Gasteiger partial charge on any atom is 0.353 e. The molecule has 106 valence electrons. The van der Waals surface area contributed by atoms with Crippen LogP contribution in [-0.2, 0) is 19.2 Å². The van der Waals surface area contributed by atoms with Crippen molar-refractivity contribution in [2.75, 3.05) is 33.3 Å². The third kappa shape index (κ3) is 3.65. The van der Waals surface area contributed by atoms with Crippen molar-refractivity contribution >= 4 is 17.6 Å². The standard InChI is InChI=1S/C11H17N3O5/c1-14-2-3-18-7(6-14)5-12-10(15)9-4-8(11(16)17)13-19-9/h7,9H,2-6H2,1H3,(H,12,15)(H,16,17). The van der Waals surface area contributed by atoms with Gasteiger partial charge in [-0.2, -0.15) is 0 Å². The molecule has 8 nitrogen and oxygen atoms in total. The molecule has 0 aromatic carbocycles. The van der Waals surface area contributed by atoms with Crippen LogP contribution in [0.3, 0.4) is 0 Å². The Labute approximate surface area is 110 Å². The van der Waals surface area contributed by atoms with Crippen molar-refractivity contribution in [2.24, 2.45) is 5.16 Å². The quantitative estimate of drug-likeness (QED) is 0.656. The topological polar surface area (TPSA) is 100 Å². The van der Waals surface area contributed by atoms with Gasteiger partial charge >= 0.3 is 5.97 Å². The maximum atomic E-state index is 11.8. The lowest BCUT2D eigenvalue weighted by molar-refractivity contribution is -0.132. The van der Waals surface area contributed by atoms with Gasteiger partial charge in [-0.1, -0.05) is 5.16 Å². The number of aliphatic carboxylic acids is 1. The molecule has 2 atom stereocenters. The van der Waals surface area contributed by atoms with Crippen LogP contribution in [0.4, 0.5) is 0 Å². The van der Waals surface area contributed by atoms with Gasteiger partial charge in [0.1, 0.15) is 0 Å². The van der Waals surface area contributed by atoms with E-state index in [-0.39, 0.29) is 24.1 Å². The molecule has 0 aromatic rings. The lowest BCUT2D eigenvalue weighted by atomic mass is 10.1. The minimum Gasteiger partial charge on any atom is -0.477 e. The Bertz CT molecular complexity index is 398. The van der Waals surface area contributed by atoms with E-state index in [2.05, 4.69) is 15.4 Å². The van der Waals surface area contributed by atoms with Gasteiger partial charge in [0.2, 0.25) is 6.10 Å². The number of ether oxygens (including phenoxy) is 1. The molecule has 0 spiro atoms. The molecule has 19 heavy (non-hydrogen) atoms. The van der Waals surface area contributed by atoms with Crippen LogP contribution in [0.2, 0.25) is 0 Å². The Morgan fingerprint density at radius 3 is 3.00 bits per heavy atom. The maximum absolute atomic E-state index is 11.8. The SMILES string of the molecule is CN1CCOC(CNC(=O)C2CC(C(=O)O)=NO2)C1. The highest BCUT2D eigenvalue weighted by atomic mass is 16.6. The molecule has 0 aromatic heterocycles. The molecular formula is C11H17N3O5.